The molecule has 8 heteroatoms. The summed E-state index contributed by atoms with van der Waals surface area (Å²) in [4.78, 5) is 36.2. The van der Waals surface area contributed by atoms with Crippen molar-refractivity contribution < 1.29 is 23.2 Å². The van der Waals surface area contributed by atoms with E-state index in [0.29, 0.717) is 58.5 Å². The molecule has 0 N–H and O–H groups in total. The van der Waals surface area contributed by atoms with Gasteiger partial charge in [0.05, 0.1) is 29.1 Å². The Labute approximate surface area is 190 Å². The zero-order chi connectivity index (χ0) is 22.8. The fourth-order valence-corrected chi connectivity index (χ4v) is 4.07. The van der Waals surface area contributed by atoms with Gasteiger partial charge < -0.3 is 18.5 Å². The minimum Gasteiger partial charge on any atom is -0.463 e. The number of esters is 1. The van der Waals surface area contributed by atoms with Gasteiger partial charge in [0.1, 0.15) is 11.4 Å². The molecule has 1 aromatic carbocycles. The first kappa shape index (κ1) is 20.9. The molecule has 1 fully saturated rings. The SMILES string of the molecule is CC1CCCN(C(=O)COC(=O)c2ccc3nc(-c4ccco4)c(-c4ccco4)nc3c2)C1. The average Bonchev–Trinajstić information content (AvgIpc) is 3.56. The van der Waals surface area contributed by atoms with E-state index in [1.807, 2.05) is 0 Å². The molecule has 1 saturated heterocycles. The predicted molar refractivity (Wildman–Crippen MR) is 120 cm³/mol. The molecule has 1 atom stereocenters. The number of benzene rings is 1. The number of hydrogen-bond donors (Lipinski definition) is 0. The molecular formula is C25H23N3O5. The predicted octanol–water partition coefficient (Wildman–Crippen LogP) is 4.57. The van der Waals surface area contributed by atoms with Crippen LogP contribution in [0.5, 0.6) is 0 Å². The van der Waals surface area contributed by atoms with Crippen LogP contribution in [0.4, 0.5) is 0 Å². The molecule has 3 aromatic heterocycles. The molecular weight excluding hydrogens is 422 g/mol. The van der Waals surface area contributed by atoms with Crippen molar-refractivity contribution in [2.45, 2.75) is 19.8 Å². The number of rotatable bonds is 5. The number of fused-ring (bicyclic) bond motifs is 1. The third-order valence-corrected chi connectivity index (χ3v) is 5.75. The van der Waals surface area contributed by atoms with E-state index in [1.54, 1.807) is 59.9 Å². The molecule has 5 rings (SSSR count). The van der Waals surface area contributed by atoms with Crippen molar-refractivity contribution in [2.75, 3.05) is 19.7 Å². The van der Waals surface area contributed by atoms with E-state index in [4.69, 9.17) is 18.6 Å². The van der Waals surface area contributed by atoms with Gasteiger partial charge in [-0.3, -0.25) is 4.79 Å². The number of carbonyl (C=O) groups is 2. The lowest BCUT2D eigenvalue weighted by Crippen LogP contribution is -2.41. The van der Waals surface area contributed by atoms with Crippen LogP contribution in [0, 0.1) is 5.92 Å². The Balaban J connectivity index is 1.39. The smallest absolute Gasteiger partial charge is 0.338 e. The van der Waals surface area contributed by atoms with Crippen LogP contribution >= 0.6 is 0 Å². The number of hydrogen-bond acceptors (Lipinski definition) is 7. The van der Waals surface area contributed by atoms with Crippen molar-refractivity contribution >= 4 is 22.9 Å². The van der Waals surface area contributed by atoms with E-state index >= 15 is 0 Å². The molecule has 0 spiro atoms. The van der Waals surface area contributed by atoms with Crippen LogP contribution < -0.4 is 0 Å². The minimum atomic E-state index is -0.577. The highest BCUT2D eigenvalue weighted by atomic mass is 16.5. The Kier molecular flexibility index (Phi) is 5.64. The summed E-state index contributed by atoms with van der Waals surface area (Å²) in [7, 11) is 0. The Morgan fingerprint density at radius 3 is 2.36 bits per heavy atom. The van der Waals surface area contributed by atoms with Crippen molar-refractivity contribution in [1.82, 2.24) is 14.9 Å². The molecule has 33 heavy (non-hydrogen) atoms. The number of amides is 1. The van der Waals surface area contributed by atoms with E-state index in [1.165, 1.54) is 0 Å². The summed E-state index contributed by atoms with van der Waals surface area (Å²) in [6, 6.07) is 12.0. The summed E-state index contributed by atoms with van der Waals surface area (Å²) in [5.41, 5.74) is 2.43. The average molecular weight is 445 g/mol. The van der Waals surface area contributed by atoms with Crippen LogP contribution in [0.25, 0.3) is 33.9 Å². The molecule has 8 nitrogen and oxygen atoms in total. The standard InChI is InChI=1S/C25H23N3O5/c1-16-5-2-10-28(14-16)22(29)15-33-25(30)17-8-9-18-19(13-17)27-24(21-7-4-12-32-21)23(26-18)20-6-3-11-31-20/h3-4,6-9,11-13,16H,2,5,10,14-15H2,1H3. The molecule has 1 aliphatic heterocycles. The first-order chi connectivity index (χ1) is 16.1. The van der Waals surface area contributed by atoms with Crippen molar-refractivity contribution in [3.8, 4) is 22.9 Å². The number of likely N-dealkylation sites (tertiary alicyclic amines) is 1. The zero-order valence-corrected chi connectivity index (χ0v) is 18.2. The third-order valence-electron chi connectivity index (χ3n) is 5.75. The molecule has 4 aromatic rings. The summed E-state index contributed by atoms with van der Waals surface area (Å²) in [5, 5.41) is 0. The van der Waals surface area contributed by atoms with Crippen molar-refractivity contribution in [2.24, 2.45) is 5.92 Å². The highest BCUT2D eigenvalue weighted by molar-refractivity contribution is 5.95. The van der Waals surface area contributed by atoms with Gasteiger partial charge in [-0.2, -0.15) is 0 Å². The number of piperidine rings is 1. The van der Waals surface area contributed by atoms with Crippen LogP contribution in [0.1, 0.15) is 30.1 Å². The second kappa shape index (κ2) is 8.90. The van der Waals surface area contributed by atoms with Crippen molar-refractivity contribution in [3.05, 3.63) is 60.6 Å². The summed E-state index contributed by atoms with van der Waals surface area (Å²) < 4.78 is 16.4. The highest BCUT2D eigenvalue weighted by Crippen LogP contribution is 2.31. The van der Waals surface area contributed by atoms with Gasteiger partial charge in [-0.25, -0.2) is 14.8 Å². The molecule has 4 heterocycles. The molecule has 0 radical (unpaired) electrons. The molecule has 1 aliphatic rings. The van der Waals surface area contributed by atoms with Gasteiger partial charge in [0, 0.05) is 13.1 Å². The van der Waals surface area contributed by atoms with Gasteiger partial charge in [-0.15, -0.1) is 0 Å². The summed E-state index contributed by atoms with van der Waals surface area (Å²) in [5.74, 6) is 0.812. The lowest BCUT2D eigenvalue weighted by molar-refractivity contribution is -0.136. The maximum atomic E-state index is 12.6. The second-order valence-electron chi connectivity index (χ2n) is 8.24. The maximum absolute atomic E-state index is 12.6. The molecule has 0 aliphatic carbocycles. The first-order valence-electron chi connectivity index (χ1n) is 10.9. The number of ether oxygens (including phenoxy) is 1. The Morgan fingerprint density at radius 2 is 1.73 bits per heavy atom. The lowest BCUT2D eigenvalue weighted by Gasteiger charge is -2.30. The van der Waals surface area contributed by atoms with E-state index in [-0.39, 0.29) is 12.5 Å². The van der Waals surface area contributed by atoms with Crippen LogP contribution in [0.3, 0.4) is 0 Å². The molecule has 0 saturated carbocycles. The third kappa shape index (κ3) is 4.37. The Hall–Kier alpha value is -3.94. The molecule has 168 valence electrons. The number of aromatic nitrogens is 2. The largest absolute Gasteiger partial charge is 0.463 e. The number of carbonyl (C=O) groups excluding carboxylic acids is 2. The van der Waals surface area contributed by atoms with Crippen molar-refractivity contribution in [3.63, 3.8) is 0 Å². The Morgan fingerprint density at radius 1 is 1.03 bits per heavy atom. The number of furan rings is 2. The zero-order valence-electron chi connectivity index (χ0n) is 18.2. The van der Waals surface area contributed by atoms with Gasteiger partial charge in [0.2, 0.25) is 0 Å². The lowest BCUT2D eigenvalue weighted by atomic mass is 10.0. The molecule has 0 bridgehead atoms. The maximum Gasteiger partial charge on any atom is 0.338 e. The fraction of sp³-hybridized carbons (Fsp3) is 0.280. The first-order valence-corrected chi connectivity index (χ1v) is 10.9. The topological polar surface area (TPSA) is 98.7 Å². The minimum absolute atomic E-state index is 0.168. The van der Waals surface area contributed by atoms with E-state index in [0.717, 1.165) is 12.8 Å². The van der Waals surface area contributed by atoms with Crippen LogP contribution in [0.2, 0.25) is 0 Å². The van der Waals surface area contributed by atoms with Crippen LogP contribution in [0.15, 0.2) is 63.8 Å². The fourth-order valence-electron chi connectivity index (χ4n) is 4.07. The van der Waals surface area contributed by atoms with E-state index < -0.39 is 5.97 Å². The van der Waals surface area contributed by atoms with Gasteiger partial charge in [0.25, 0.3) is 5.91 Å². The van der Waals surface area contributed by atoms with Gasteiger partial charge in [0.15, 0.2) is 18.1 Å². The van der Waals surface area contributed by atoms with Gasteiger partial charge >= 0.3 is 5.97 Å². The summed E-state index contributed by atoms with van der Waals surface area (Å²) >= 11 is 0. The van der Waals surface area contributed by atoms with E-state index in [2.05, 4.69) is 11.9 Å². The van der Waals surface area contributed by atoms with Gasteiger partial charge in [-0.1, -0.05) is 6.92 Å². The van der Waals surface area contributed by atoms with Crippen LogP contribution in [-0.4, -0.2) is 46.4 Å². The number of nitrogens with zero attached hydrogens (tertiary/aromatic N) is 3. The summed E-state index contributed by atoms with van der Waals surface area (Å²) in [6.07, 6.45) is 5.21. The molecule has 1 amide bonds. The summed E-state index contributed by atoms with van der Waals surface area (Å²) in [6.45, 7) is 3.26. The van der Waals surface area contributed by atoms with E-state index in [9.17, 15) is 9.59 Å². The quantitative estimate of drug-likeness (QED) is 0.415. The highest BCUT2D eigenvalue weighted by Gasteiger charge is 2.23. The van der Waals surface area contributed by atoms with Crippen molar-refractivity contribution in [1.29, 1.82) is 0 Å². The molecule has 1 unspecified atom stereocenters. The normalized spacial score (nSPS) is 16.2. The second-order valence-corrected chi connectivity index (χ2v) is 8.24. The Bertz CT molecular complexity index is 1280. The van der Waals surface area contributed by atoms with Gasteiger partial charge in [-0.05, 0) is 61.2 Å². The van der Waals surface area contributed by atoms with Crippen LogP contribution in [-0.2, 0) is 9.53 Å². The monoisotopic (exact) mass is 445 g/mol.